The zero-order valence-corrected chi connectivity index (χ0v) is 15.6. The van der Waals surface area contributed by atoms with Gasteiger partial charge in [-0.3, -0.25) is 14.9 Å². The Morgan fingerprint density at radius 2 is 1.89 bits per heavy atom. The standard InChI is InChI=1S/C22H19FN4O/c1-14-10-19(18-9-8-16(23)11-21(18)24-14)22(28)27(2)13-17-12-20(26-25-17)15-6-4-3-5-7-15/h3-12H,13H2,1-2H3,(H,25,26). The number of halogens is 1. The molecule has 2 aromatic carbocycles. The van der Waals surface area contributed by atoms with Crippen LogP contribution in [0.2, 0.25) is 0 Å². The second-order valence-electron chi connectivity index (χ2n) is 6.78. The molecular formula is C22H19FN4O. The number of amides is 1. The minimum Gasteiger partial charge on any atom is -0.336 e. The van der Waals surface area contributed by atoms with Gasteiger partial charge in [0, 0.05) is 29.8 Å². The van der Waals surface area contributed by atoms with Crippen LogP contribution in [0, 0.1) is 12.7 Å². The molecule has 4 rings (SSSR count). The van der Waals surface area contributed by atoms with E-state index in [1.54, 1.807) is 31.0 Å². The summed E-state index contributed by atoms with van der Waals surface area (Å²) in [5.41, 5.74) is 4.32. The van der Waals surface area contributed by atoms with Crippen molar-refractivity contribution in [2.24, 2.45) is 0 Å². The zero-order chi connectivity index (χ0) is 19.7. The van der Waals surface area contributed by atoms with Crippen LogP contribution < -0.4 is 0 Å². The number of fused-ring (bicyclic) bond motifs is 1. The van der Waals surface area contributed by atoms with Crippen molar-refractivity contribution in [3.8, 4) is 11.3 Å². The van der Waals surface area contributed by atoms with Crippen LogP contribution in [0.4, 0.5) is 4.39 Å². The highest BCUT2D eigenvalue weighted by Crippen LogP contribution is 2.22. The average Bonchev–Trinajstić information content (AvgIpc) is 3.15. The maximum Gasteiger partial charge on any atom is 0.254 e. The molecular weight excluding hydrogens is 355 g/mol. The van der Waals surface area contributed by atoms with Gasteiger partial charge in [-0.25, -0.2) is 4.39 Å². The first-order chi connectivity index (χ1) is 13.5. The molecule has 5 nitrogen and oxygen atoms in total. The summed E-state index contributed by atoms with van der Waals surface area (Å²) in [6.45, 7) is 2.17. The van der Waals surface area contributed by atoms with Crippen LogP contribution in [0.25, 0.3) is 22.2 Å². The fraction of sp³-hybridized carbons (Fsp3) is 0.136. The smallest absolute Gasteiger partial charge is 0.254 e. The van der Waals surface area contributed by atoms with E-state index < -0.39 is 0 Å². The lowest BCUT2D eigenvalue weighted by atomic mass is 10.1. The fourth-order valence-electron chi connectivity index (χ4n) is 3.24. The SMILES string of the molecule is Cc1cc(C(=O)N(C)Cc2cc(-c3ccccc3)n[nH]2)c2ccc(F)cc2n1. The summed E-state index contributed by atoms with van der Waals surface area (Å²) >= 11 is 0. The summed E-state index contributed by atoms with van der Waals surface area (Å²) < 4.78 is 13.5. The van der Waals surface area contributed by atoms with Gasteiger partial charge in [0.25, 0.3) is 5.91 Å². The number of aromatic amines is 1. The summed E-state index contributed by atoms with van der Waals surface area (Å²) in [5.74, 6) is -0.527. The first-order valence-corrected chi connectivity index (χ1v) is 8.93. The van der Waals surface area contributed by atoms with Gasteiger partial charge in [-0.15, -0.1) is 0 Å². The van der Waals surface area contributed by atoms with Crippen molar-refractivity contribution in [1.29, 1.82) is 0 Å². The van der Waals surface area contributed by atoms with E-state index in [9.17, 15) is 9.18 Å². The molecule has 0 atom stereocenters. The van der Waals surface area contributed by atoms with E-state index in [-0.39, 0.29) is 11.7 Å². The first kappa shape index (κ1) is 17.9. The molecule has 2 aromatic heterocycles. The van der Waals surface area contributed by atoms with E-state index in [1.165, 1.54) is 12.1 Å². The molecule has 0 saturated heterocycles. The summed E-state index contributed by atoms with van der Waals surface area (Å²) in [6, 6.07) is 17.8. The van der Waals surface area contributed by atoms with Gasteiger partial charge in [-0.1, -0.05) is 30.3 Å². The Bertz CT molecular complexity index is 1150. The van der Waals surface area contributed by atoms with Crippen molar-refractivity contribution >= 4 is 16.8 Å². The quantitative estimate of drug-likeness (QED) is 0.578. The van der Waals surface area contributed by atoms with Gasteiger partial charge in [-0.2, -0.15) is 5.10 Å². The molecule has 1 N–H and O–H groups in total. The lowest BCUT2D eigenvalue weighted by molar-refractivity contribution is 0.0785. The molecule has 6 heteroatoms. The minimum absolute atomic E-state index is 0.155. The Balaban J connectivity index is 1.59. The molecule has 140 valence electrons. The Hall–Kier alpha value is -3.54. The van der Waals surface area contributed by atoms with Crippen LogP contribution >= 0.6 is 0 Å². The molecule has 0 fully saturated rings. The van der Waals surface area contributed by atoms with Crippen LogP contribution in [0.15, 0.2) is 60.7 Å². The van der Waals surface area contributed by atoms with Crippen molar-refractivity contribution < 1.29 is 9.18 Å². The van der Waals surface area contributed by atoms with Crippen LogP contribution in [-0.4, -0.2) is 33.0 Å². The summed E-state index contributed by atoms with van der Waals surface area (Å²) in [6.07, 6.45) is 0. The number of benzene rings is 2. The van der Waals surface area contributed by atoms with E-state index in [2.05, 4.69) is 15.2 Å². The molecule has 0 spiro atoms. The zero-order valence-electron chi connectivity index (χ0n) is 15.6. The second-order valence-corrected chi connectivity index (χ2v) is 6.78. The predicted octanol–water partition coefficient (Wildman–Crippen LogP) is 4.34. The van der Waals surface area contributed by atoms with Crippen LogP contribution in [0.5, 0.6) is 0 Å². The molecule has 0 bridgehead atoms. The molecule has 0 aliphatic rings. The third kappa shape index (κ3) is 3.49. The number of aryl methyl sites for hydroxylation is 1. The normalized spacial score (nSPS) is 11.0. The number of nitrogens with one attached hydrogen (secondary N) is 1. The molecule has 1 amide bonds. The van der Waals surface area contributed by atoms with Gasteiger partial charge < -0.3 is 4.90 Å². The van der Waals surface area contributed by atoms with Crippen LogP contribution in [-0.2, 0) is 6.54 Å². The molecule has 0 aliphatic heterocycles. The third-order valence-electron chi connectivity index (χ3n) is 4.59. The van der Waals surface area contributed by atoms with Gasteiger partial charge in [-0.05, 0) is 31.2 Å². The second kappa shape index (κ2) is 7.23. The lowest BCUT2D eigenvalue weighted by Crippen LogP contribution is -2.26. The van der Waals surface area contributed by atoms with Gasteiger partial charge in [0.05, 0.1) is 29.0 Å². The van der Waals surface area contributed by atoms with E-state index >= 15 is 0 Å². The maximum absolute atomic E-state index is 13.5. The lowest BCUT2D eigenvalue weighted by Gasteiger charge is -2.17. The minimum atomic E-state index is -0.372. The van der Waals surface area contributed by atoms with E-state index in [0.717, 1.165) is 17.0 Å². The summed E-state index contributed by atoms with van der Waals surface area (Å²) in [7, 11) is 1.73. The fourth-order valence-corrected chi connectivity index (χ4v) is 3.24. The van der Waals surface area contributed by atoms with E-state index in [4.69, 9.17) is 0 Å². The Morgan fingerprint density at radius 1 is 1.11 bits per heavy atom. The van der Waals surface area contributed by atoms with Gasteiger partial charge in [0.1, 0.15) is 5.82 Å². The predicted molar refractivity (Wildman–Crippen MR) is 106 cm³/mol. The highest BCUT2D eigenvalue weighted by Gasteiger charge is 2.18. The van der Waals surface area contributed by atoms with Crippen molar-refractivity contribution in [3.63, 3.8) is 0 Å². The van der Waals surface area contributed by atoms with Crippen LogP contribution in [0.3, 0.4) is 0 Å². The molecule has 0 unspecified atom stereocenters. The highest BCUT2D eigenvalue weighted by molar-refractivity contribution is 6.06. The Kier molecular flexibility index (Phi) is 4.61. The van der Waals surface area contributed by atoms with Crippen molar-refractivity contribution in [1.82, 2.24) is 20.1 Å². The highest BCUT2D eigenvalue weighted by atomic mass is 19.1. The summed E-state index contributed by atoms with van der Waals surface area (Å²) in [5, 5.41) is 7.96. The molecule has 4 aromatic rings. The van der Waals surface area contributed by atoms with Gasteiger partial charge in [0.15, 0.2) is 0 Å². The molecule has 28 heavy (non-hydrogen) atoms. The number of hydrogen-bond acceptors (Lipinski definition) is 3. The van der Waals surface area contributed by atoms with Crippen molar-refractivity contribution in [2.75, 3.05) is 7.05 Å². The van der Waals surface area contributed by atoms with E-state index in [0.29, 0.717) is 28.7 Å². The maximum atomic E-state index is 13.5. The van der Waals surface area contributed by atoms with Gasteiger partial charge in [0.2, 0.25) is 0 Å². The molecule has 2 heterocycles. The molecule has 0 saturated carbocycles. The number of carbonyl (C=O) groups is 1. The number of pyridine rings is 1. The van der Waals surface area contributed by atoms with Gasteiger partial charge >= 0.3 is 0 Å². The Labute approximate surface area is 161 Å². The number of aromatic nitrogens is 3. The van der Waals surface area contributed by atoms with E-state index in [1.807, 2.05) is 36.4 Å². The summed E-state index contributed by atoms with van der Waals surface area (Å²) in [4.78, 5) is 19.0. The topological polar surface area (TPSA) is 61.9 Å². The number of nitrogens with zero attached hydrogens (tertiary/aromatic N) is 3. The Morgan fingerprint density at radius 3 is 2.68 bits per heavy atom. The van der Waals surface area contributed by atoms with Crippen molar-refractivity contribution in [3.05, 3.63) is 83.4 Å². The first-order valence-electron chi connectivity index (χ1n) is 8.93. The number of rotatable bonds is 4. The third-order valence-corrected chi connectivity index (χ3v) is 4.59. The number of H-pyrrole nitrogens is 1. The van der Waals surface area contributed by atoms with Crippen LogP contribution in [0.1, 0.15) is 21.7 Å². The number of carbonyl (C=O) groups excluding carboxylic acids is 1. The largest absolute Gasteiger partial charge is 0.336 e. The van der Waals surface area contributed by atoms with Crippen molar-refractivity contribution in [2.45, 2.75) is 13.5 Å². The monoisotopic (exact) mass is 374 g/mol. The molecule has 0 radical (unpaired) electrons. The average molecular weight is 374 g/mol. The number of hydrogen-bond donors (Lipinski definition) is 1. The molecule has 0 aliphatic carbocycles.